The van der Waals surface area contributed by atoms with Crippen LogP contribution >= 0.6 is 0 Å². The zero-order valence-corrected chi connectivity index (χ0v) is 30.8. The maximum absolute atomic E-state index is 16.4. The van der Waals surface area contributed by atoms with E-state index in [2.05, 4.69) is 28.8 Å². The molecule has 0 radical (unpaired) electrons. The first-order chi connectivity index (χ1) is 28.4. The van der Waals surface area contributed by atoms with E-state index in [4.69, 9.17) is 0 Å². The zero-order chi connectivity index (χ0) is 39.1. The van der Waals surface area contributed by atoms with Crippen LogP contribution in [0.4, 0.5) is 47.3 Å². The van der Waals surface area contributed by atoms with E-state index in [1.165, 1.54) is 12.1 Å². The number of para-hydroxylation sites is 2. The van der Waals surface area contributed by atoms with E-state index >= 15 is 13.2 Å². The minimum atomic E-state index is -4.83. The van der Waals surface area contributed by atoms with Crippen LogP contribution in [-0.4, -0.2) is 0 Å². The SMILES string of the molecule is N#Cc1cc(C2Nc3c(c4ccccc4c4ccccc34)N2c2ccccc2)c(C(F)(F)F)c(C2Nc3c(c4ccccc4c4ccccc34)N2c2ccccc2)c1. The van der Waals surface area contributed by atoms with Gasteiger partial charge in [-0.05, 0) is 57.9 Å². The number of rotatable bonds is 4. The molecule has 2 atom stereocenters. The Balaban J connectivity index is 1.21. The molecule has 11 rings (SSSR count). The normalized spacial score (nSPS) is 16.0. The molecule has 2 unspecified atom stereocenters. The van der Waals surface area contributed by atoms with Gasteiger partial charge in [0.05, 0.1) is 39.9 Å². The maximum Gasteiger partial charge on any atom is 0.417 e. The van der Waals surface area contributed by atoms with Crippen molar-refractivity contribution >= 4 is 77.2 Å². The number of alkyl halides is 3. The lowest BCUT2D eigenvalue weighted by molar-refractivity contribution is -0.139. The van der Waals surface area contributed by atoms with Gasteiger partial charge in [0, 0.05) is 44.0 Å². The highest BCUT2D eigenvalue weighted by molar-refractivity contribution is 6.23. The third-order valence-corrected chi connectivity index (χ3v) is 11.6. The van der Waals surface area contributed by atoms with Crippen molar-refractivity contribution in [3.63, 3.8) is 0 Å². The van der Waals surface area contributed by atoms with Gasteiger partial charge in [0.2, 0.25) is 0 Å². The molecule has 0 spiro atoms. The molecule has 9 aromatic carbocycles. The van der Waals surface area contributed by atoms with Gasteiger partial charge in [-0.3, -0.25) is 0 Å². The molecular weight excluding hydrogens is 728 g/mol. The second-order valence-electron chi connectivity index (χ2n) is 14.8. The van der Waals surface area contributed by atoms with E-state index in [1.54, 1.807) is 0 Å². The van der Waals surface area contributed by atoms with Gasteiger partial charge in [-0.25, -0.2) is 0 Å². The topological polar surface area (TPSA) is 54.3 Å². The van der Waals surface area contributed by atoms with Crippen LogP contribution < -0.4 is 20.4 Å². The van der Waals surface area contributed by atoms with E-state index in [1.807, 2.05) is 155 Å². The number of nitrogens with zero attached hydrogens (tertiary/aromatic N) is 3. The van der Waals surface area contributed by atoms with Gasteiger partial charge < -0.3 is 20.4 Å². The molecule has 0 aliphatic carbocycles. The molecule has 0 amide bonds. The van der Waals surface area contributed by atoms with Crippen LogP contribution in [0.5, 0.6) is 0 Å². The van der Waals surface area contributed by atoms with Crippen molar-refractivity contribution in [1.29, 1.82) is 5.26 Å². The van der Waals surface area contributed by atoms with Crippen molar-refractivity contribution in [2.75, 3.05) is 20.4 Å². The Bertz CT molecular complexity index is 2960. The number of fused-ring (bicyclic) bond motifs is 12. The molecule has 8 heteroatoms. The molecule has 2 N–H and O–H groups in total. The smallest absolute Gasteiger partial charge is 0.359 e. The quantitative estimate of drug-likeness (QED) is 0.175. The van der Waals surface area contributed by atoms with Gasteiger partial charge in [0.1, 0.15) is 12.3 Å². The van der Waals surface area contributed by atoms with Gasteiger partial charge in [0.25, 0.3) is 0 Å². The lowest BCUT2D eigenvalue weighted by Gasteiger charge is -2.34. The summed E-state index contributed by atoms with van der Waals surface area (Å²) in [6.45, 7) is 0. The minimum absolute atomic E-state index is 0.0461. The van der Waals surface area contributed by atoms with Crippen LogP contribution in [0.15, 0.2) is 170 Å². The Morgan fingerprint density at radius 2 is 0.776 bits per heavy atom. The van der Waals surface area contributed by atoms with Crippen molar-refractivity contribution in [2.45, 2.75) is 18.5 Å². The van der Waals surface area contributed by atoms with Gasteiger partial charge in [-0.1, -0.05) is 133 Å². The van der Waals surface area contributed by atoms with E-state index in [0.717, 1.165) is 65.8 Å². The molecule has 278 valence electrons. The molecule has 58 heavy (non-hydrogen) atoms. The number of halogens is 3. The Kier molecular flexibility index (Phi) is 7.44. The molecule has 2 heterocycles. The van der Waals surface area contributed by atoms with Crippen molar-refractivity contribution in [3.8, 4) is 6.07 Å². The van der Waals surface area contributed by atoms with Gasteiger partial charge in [-0.15, -0.1) is 0 Å². The fourth-order valence-electron chi connectivity index (χ4n) is 9.38. The summed E-state index contributed by atoms with van der Waals surface area (Å²) >= 11 is 0. The van der Waals surface area contributed by atoms with E-state index in [0.29, 0.717) is 11.4 Å². The fourth-order valence-corrected chi connectivity index (χ4v) is 9.38. The van der Waals surface area contributed by atoms with E-state index in [-0.39, 0.29) is 16.7 Å². The van der Waals surface area contributed by atoms with Crippen LogP contribution in [0, 0.1) is 11.3 Å². The Hall–Kier alpha value is -7.50. The zero-order valence-electron chi connectivity index (χ0n) is 30.8. The Morgan fingerprint density at radius 1 is 0.448 bits per heavy atom. The summed E-state index contributed by atoms with van der Waals surface area (Å²) in [6.07, 6.45) is -6.90. The highest BCUT2D eigenvalue weighted by atomic mass is 19.4. The first-order valence-electron chi connectivity index (χ1n) is 19.1. The highest BCUT2D eigenvalue weighted by Gasteiger charge is 2.47. The van der Waals surface area contributed by atoms with Gasteiger partial charge in [0.15, 0.2) is 0 Å². The summed E-state index contributed by atoms with van der Waals surface area (Å²) in [5.41, 5.74) is 3.68. The molecule has 0 fully saturated rings. The average molecular weight is 760 g/mol. The van der Waals surface area contributed by atoms with Crippen molar-refractivity contribution in [1.82, 2.24) is 0 Å². The van der Waals surface area contributed by atoms with Crippen molar-refractivity contribution in [3.05, 3.63) is 192 Å². The van der Waals surface area contributed by atoms with Crippen molar-refractivity contribution < 1.29 is 13.2 Å². The number of anilines is 6. The molecule has 0 saturated carbocycles. The average Bonchev–Trinajstić information content (AvgIpc) is 3.88. The monoisotopic (exact) mass is 759 g/mol. The number of benzene rings is 9. The van der Waals surface area contributed by atoms with Gasteiger partial charge >= 0.3 is 6.18 Å². The van der Waals surface area contributed by atoms with Crippen LogP contribution in [0.3, 0.4) is 0 Å². The number of hydrogen-bond acceptors (Lipinski definition) is 5. The molecule has 2 aliphatic rings. The second kappa shape index (κ2) is 12.8. The first-order valence-corrected chi connectivity index (χ1v) is 19.1. The van der Waals surface area contributed by atoms with Crippen LogP contribution in [-0.2, 0) is 6.18 Å². The molecule has 5 nitrogen and oxygen atoms in total. The standard InChI is InChI=1S/C50H32F3N5/c51-50(52,53)43-41(48-55-44-37-23-11-7-19-33(37)35-21-9-13-25-39(35)46(44)57(48)31-15-3-1-4-16-31)27-30(29-54)28-42(43)49-56-45-38-24-12-8-20-34(38)36-22-10-14-26-40(36)47(45)58(49)32-17-5-2-6-18-32/h1-28,48-49,55-56H. The van der Waals surface area contributed by atoms with Gasteiger partial charge in [-0.2, -0.15) is 18.4 Å². The summed E-state index contributed by atoms with van der Waals surface area (Å²) in [5.74, 6) is 0. The Labute approximate surface area is 331 Å². The minimum Gasteiger partial charge on any atom is -0.359 e. The third-order valence-electron chi connectivity index (χ3n) is 11.6. The summed E-state index contributed by atoms with van der Waals surface area (Å²) in [5, 5.41) is 25.4. The summed E-state index contributed by atoms with van der Waals surface area (Å²) in [6, 6.07) is 56.1. The molecular formula is C50H32F3N5. The number of nitrogens with one attached hydrogen (secondary N) is 2. The highest BCUT2D eigenvalue weighted by Crippen LogP contribution is 2.58. The fraction of sp³-hybridized carbons (Fsp3) is 0.0600. The molecule has 0 aromatic heterocycles. The summed E-state index contributed by atoms with van der Waals surface area (Å²) < 4.78 is 49.2. The lowest BCUT2D eigenvalue weighted by atomic mass is 9.92. The lowest BCUT2D eigenvalue weighted by Crippen LogP contribution is -2.31. The van der Waals surface area contributed by atoms with E-state index < -0.39 is 24.1 Å². The molecule has 0 saturated heterocycles. The maximum atomic E-state index is 16.4. The van der Waals surface area contributed by atoms with E-state index in [9.17, 15) is 5.26 Å². The number of hydrogen-bond donors (Lipinski definition) is 2. The first kappa shape index (κ1) is 33.8. The van der Waals surface area contributed by atoms with Crippen LogP contribution in [0.1, 0.15) is 34.6 Å². The Morgan fingerprint density at radius 3 is 1.14 bits per heavy atom. The second-order valence-corrected chi connectivity index (χ2v) is 14.8. The predicted molar refractivity (Wildman–Crippen MR) is 229 cm³/mol. The van der Waals surface area contributed by atoms with Crippen molar-refractivity contribution in [2.24, 2.45) is 0 Å². The largest absolute Gasteiger partial charge is 0.417 e. The molecule has 9 aromatic rings. The van der Waals surface area contributed by atoms with Crippen LogP contribution in [0.2, 0.25) is 0 Å². The van der Waals surface area contributed by atoms with Crippen LogP contribution in [0.25, 0.3) is 43.1 Å². The third kappa shape index (κ3) is 4.96. The summed E-state index contributed by atoms with van der Waals surface area (Å²) in [4.78, 5) is 3.93. The number of nitriles is 1. The molecule has 0 bridgehead atoms. The summed E-state index contributed by atoms with van der Waals surface area (Å²) in [7, 11) is 0. The predicted octanol–water partition coefficient (Wildman–Crippen LogP) is 13.7. The molecule has 2 aliphatic heterocycles.